The molecule has 0 atom stereocenters. The second kappa shape index (κ2) is 4.13. The van der Waals surface area contributed by atoms with Gasteiger partial charge >= 0.3 is 0 Å². The van der Waals surface area contributed by atoms with E-state index >= 15 is 0 Å². The first-order valence-corrected chi connectivity index (χ1v) is 5.77. The van der Waals surface area contributed by atoms with Gasteiger partial charge in [0.15, 0.2) is 0 Å². The van der Waals surface area contributed by atoms with Gasteiger partial charge in [-0.1, -0.05) is 6.42 Å². The molecule has 0 aromatic rings. The van der Waals surface area contributed by atoms with Gasteiger partial charge in [-0.15, -0.1) is 0 Å². The first-order valence-electron chi connectivity index (χ1n) is 5.77. The van der Waals surface area contributed by atoms with Crippen LogP contribution in [0.5, 0.6) is 0 Å². The van der Waals surface area contributed by atoms with Gasteiger partial charge in [0.25, 0.3) is 5.92 Å². The number of nitrogens with one attached hydrogen (secondary N) is 1. The van der Waals surface area contributed by atoms with Crippen LogP contribution in [0, 0.1) is 11.8 Å². The summed E-state index contributed by atoms with van der Waals surface area (Å²) in [7, 11) is 0. The van der Waals surface area contributed by atoms with E-state index in [1.54, 1.807) is 0 Å². The Morgan fingerprint density at radius 2 is 1.71 bits per heavy atom. The molecule has 2 fully saturated rings. The highest BCUT2D eigenvalue weighted by Crippen LogP contribution is 2.44. The van der Waals surface area contributed by atoms with Crippen LogP contribution in [0.15, 0.2) is 0 Å². The standard InChI is InChI=1S/C11H19F2N/c12-11(13,10-2-1-3-10)8-9-4-6-14-7-5-9/h9-10,14H,1-8H2. The third-order valence-corrected chi connectivity index (χ3v) is 3.72. The van der Waals surface area contributed by atoms with E-state index in [9.17, 15) is 8.78 Å². The molecule has 14 heavy (non-hydrogen) atoms. The largest absolute Gasteiger partial charge is 0.317 e. The molecule has 0 radical (unpaired) electrons. The minimum absolute atomic E-state index is 0.138. The lowest BCUT2D eigenvalue weighted by atomic mass is 9.76. The second-order valence-electron chi connectivity index (χ2n) is 4.79. The van der Waals surface area contributed by atoms with Crippen molar-refractivity contribution in [1.82, 2.24) is 5.32 Å². The van der Waals surface area contributed by atoms with E-state index in [1.165, 1.54) is 0 Å². The van der Waals surface area contributed by atoms with Gasteiger partial charge in [0.05, 0.1) is 0 Å². The van der Waals surface area contributed by atoms with Gasteiger partial charge < -0.3 is 5.32 Å². The molecule has 0 aromatic heterocycles. The van der Waals surface area contributed by atoms with E-state index in [2.05, 4.69) is 5.32 Å². The fourth-order valence-corrected chi connectivity index (χ4v) is 2.47. The highest BCUT2D eigenvalue weighted by molar-refractivity contribution is 4.86. The predicted octanol–water partition coefficient (Wildman–Crippen LogP) is 2.81. The van der Waals surface area contributed by atoms with Crippen LogP contribution in [-0.2, 0) is 0 Å². The van der Waals surface area contributed by atoms with Crippen LogP contribution < -0.4 is 5.32 Å². The molecule has 2 aliphatic rings. The molecule has 1 saturated heterocycles. The molecular formula is C11H19F2N. The molecule has 1 heterocycles. The maximum absolute atomic E-state index is 13.6. The Hall–Kier alpha value is -0.180. The third kappa shape index (κ3) is 2.25. The molecule has 2 rings (SSSR count). The Kier molecular flexibility index (Phi) is 3.05. The molecule has 82 valence electrons. The third-order valence-electron chi connectivity index (χ3n) is 3.72. The van der Waals surface area contributed by atoms with Crippen molar-refractivity contribution in [3.05, 3.63) is 0 Å². The Balaban J connectivity index is 1.81. The van der Waals surface area contributed by atoms with Gasteiger partial charge in [-0.3, -0.25) is 0 Å². The summed E-state index contributed by atoms with van der Waals surface area (Å²) in [5.41, 5.74) is 0. The number of hydrogen-bond donors (Lipinski definition) is 1. The number of piperidine rings is 1. The molecule has 0 spiro atoms. The van der Waals surface area contributed by atoms with Gasteiger partial charge in [0, 0.05) is 12.3 Å². The average Bonchev–Trinajstić information content (AvgIpc) is 2.00. The van der Waals surface area contributed by atoms with Crippen LogP contribution in [0.1, 0.15) is 38.5 Å². The van der Waals surface area contributed by atoms with Gasteiger partial charge in [0.2, 0.25) is 0 Å². The van der Waals surface area contributed by atoms with E-state index in [4.69, 9.17) is 0 Å². The molecule has 1 saturated carbocycles. The van der Waals surface area contributed by atoms with Crippen LogP contribution >= 0.6 is 0 Å². The summed E-state index contributed by atoms with van der Waals surface area (Å²) < 4.78 is 27.3. The zero-order valence-corrected chi connectivity index (χ0v) is 8.57. The second-order valence-corrected chi connectivity index (χ2v) is 4.79. The van der Waals surface area contributed by atoms with Crippen molar-refractivity contribution in [2.45, 2.75) is 44.4 Å². The van der Waals surface area contributed by atoms with Gasteiger partial charge in [0.1, 0.15) is 0 Å². The molecule has 0 bridgehead atoms. The Bertz CT molecular complexity index is 184. The molecule has 3 heteroatoms. The van der Waals surface area contributed by atoms with E-state index < -0.39 is 5.92 Å². The monoisotopic (exact) mass is 203 g/mol. The fraction of sp³-hybridized carbons (Fsp3) is 1.00. The minimum atomic E-state index is -2.37. The van der Waals surface area contributed by atoms with Crippen molar-refractivity contribution in [2.75, 3.05) is 13.1 Å². The van der Waals surface area contributed by atoms with Crippen molar-refractivity contribution in [3.63, 3.8) is 0 Å². The minimum Gasteiger partial charge on any atom is -0.317 e. The molecule has 0 aromatic carbocycles. The van der Waals surface area contributed by atoms with Crippen molar-refractivity contribution >= 4 is 0 Å². The zero-order chi connectivity index (χ0) is 10.0. The van der Waals surface area contributed by atoms with Crippen molar-refractivity contribution in [2.24, 2.45) is 11.8 Å². The lowest BCUT2D eigenvalue weighted by molar-refractivity contribution is -0.105. The zero-order valence-electron chi connectivity index (χ0n) is 8.57. The topological polar surface area (TPSA) is 12.0 Å². The van der Waals surface area contributed by atoms with Crippen LogP contribution in [0.4, 0.5) is 8.78 Å². The smallest absolute Gasteiger partial charge is 0.251 e. The van der Waals surface area contributed by atoms with E-state index in [-0.39, 0.29) is 18.3 Å². The summed E-state index contributed by atoms with van der Waals surface area (Å²) in [6.07, 6.45) is 4.51. The Morgan fingerprint density at radius 3 is 2.21 bits per heavy atom. The predicted molar refractivity (Wildman–Crippen MR) is 52.5 cm³/mol. The summed E-state index contributed by atoms with van der Waals surface area (Å²) in [4.78, 5) is 0. The van der Waals surface area contributed by atoms with Crippen LogP contribution in [-0.4, -0.2) is 19.0 Å². The Morgan fingerprint density at radius 1 is 1.07 bits per heavy atom. The fourth-order valence-electron chi connectivity index (χ4n) is 2.47. The normalized spacial score (nSPS) is 26.1. The summed E-state index contributed by atoms with van der Waals surface area (Å²) >= 11 is 0. The van der Waals surface area contributed by atoms with Crippen LogP contribution in [0.25, 0.3) is 0 Å². The van der Waals surface area contributed by atoms with Crippen LogP contribution in [0.2, 0.25) is 0 Å². The lowest BCUT2D eigenvalue weighted by Gasteiger charge is -2.36. The molecule has 1 aliphatic heterocycles. The molecule has 1 aliphatic carbocycles. The number of halogens is 2. The average molecular weight is 203 g/mol. The van der Waals surface area contributed by atoms with Gasteiger partial charge in [-0.2, -0.15) is 0 Å². The summed E-state index contributed by atoms with van der Waals surface area (Å²) in [6.45, 7) is 1.84. The number of hydrogen-bond acceptors (Lipinski definition) is 1. The molecular weight excluding hydrogens is 184 g/mol. The lowest BCUT2D eigenvalue weighted by Crippen LogP contribution is -2.38. The van der Waals surface area contributed by atoms with E-state index in [1.807, 2.05) is 0 Å². The number of rotatable bonds is 3. The van der Waals surface area contributed by atoms with E-state index in [0.29, 0.717) is 0 Å². The maximum Gasteiger partial charge on any atom is 0.251 e. The summed E-state index contributed by atoms with van der Waals surface area (Å²) in [5, 5.41) is 3.21. The Labute approximate surface area is 84.3 Å². The van der Waals surface area contributed by atoms with E-state index in [0.717, 1.165) is 45.2 Å². The quantitative estimate of drug-likeness (QED) is 0.743. The van der Waals surface area contributed by atoms with Crippen LogP contribution in [0.3, 0.4) is 0 Å². The molecule has 1 N–H and O–H groups in total. The highest BCUT2D eigenvalue weighted by Gasteiger charge is 2.44. The number of alkyl halides is 2. The van der Waals surface area contributed by atoms with Crippen molar-refractivity contribution in [1.29, 1.82) is 0 Å². The van der Waals surface area contributed by atoms with Gasteiger partial charge in [-0.25, -0.2) is 8.78 Å². The first kappa shape index (κ1) is 10.3. The molecule has 0 amide bonds. The highest BCUT2D eigenvalue weighted by atomic mass is 19.3. The van der Waals surface area contributed by atoms with Gasteiger partial charge in [-0.05, 0) is 44.7 Å². The van der Waals surface area contributed by atoms with Crippen molar-refractivity contribution in [3.8, 4) is 0 Å². The van der Waals surface area contributed by atoms with Crippen molar-refractivity contribution < 1.29 is 8.78 Å². The SMILES string of the molecule is FC(F)(CC1CCNCC1)C1CCC1. The summed E-state index contributed by atoms with van der Waals surface area (Å²) in [6, 6.07) is 0. The summed E-state index contributed by atoms with van der Waals surface area (Å²) in [5.74, 6) is -2.41. The maximum atomic E-state index is 13.6. The first-order chi connectivity index (χ1) is 6.68. The molecule has 0 unspecified atom stereocenters. The molecule has 1 nitrogen and oxygen atoms in total.